The van der Waals surface area contributed by atoms with Crippen LogP contribution in [0.25, 0.3) is 0 Å². The molecule has 0 fully saturated rings. The SMILES string of the molecule is CCOC(=O)c1ccc(Nc2ccc(C(=O)NCCCN(C)C)nn2)cc1. The summed E-state index contributed by atoms with van der Waals surface area (Å²) in [7, 11) is 3.98. The molecule has 0 atom stereocenters. The molecule has 27 heavy (non-hydrogen) atoms. The van der Waals surface area contributed by atoms with Gasteiger partial charge in [-0.25, -0.2) is 4.79 Å². The Morgan fingerprint density at radius 1 is 1.07 bits per heavy atom. The van der Waals surface area contributed by atoms with E-state index >= 15 is 0 Å². The van der Waals surface area contributed by atoms with Gasteiger partial charge in [-0.05, 0) is 70.4 Å². The van der Waals surface area contributed by atoms with Crippen molar-refractivity contribution < 1.29 is 14.3 Å². The van der Waals surface area contributed by atoms with Crippen LogP contribution in [-0.2, 0) is 4.74 Å². The molecule has 1 aromatic heterocycles. The Hall–Kier alpha value is -3.00. The maximum atomic E-state index is 12.0. The van der Waals surface area contributed by atoms with Crippen molar-refractivity contribution in [1.29, 1.82) is 0 Å². The summed E-state index contributed by atoms with van der Waals surface area (Å²) in [5.74, 6) is -0.0978. The summed E-state index contributed by atoms with van der Waals surface area (Å²) in [6, 6.07) is 10.1. The summed E-state index contributed by atoms with van der Waals surface area (Å²) in [6.07, 6.45) is 0.869. The molecule has 1 heterocycles. The summed E-state index contributed by atoms with van der Waals surface area (Å²) in [5, 5.41) is 13.9. The highest BCUT2D eigenvalue weighted by Crippen LogP contribution is 2.15. The van der Waals surface area contributed by atoms with Crippen LogP contribution in [0.2, 0.25) is 0 Å². The topological polar surface area (TPSA) is 96.4 Å². The Morgan fingerprint density at radius 3 is 2.41 bits per heavy atom. The number of aromatic nitrogens is 2. The molecule has 2 rings (SSSR count). The zero-order valence-corrected chi connectivity index (χ0v) is 15.9. The van der Waals surface area contributed by atoms with E-state index in [4.69, 9.17) is 4.74 Å². The van der Waals surface area contributed by atoms with Gasteiger partial charge in [0, 0.05) is 12.2 Å². The molecule has 0 bridgehead atoms. The van der Waals surface area contributed by atoms with E-state index in [0.717, 1.165) is 18.7 Å². The predicted octanol–water partition coefficient (Wildman–Crippen LogP) is 2.08. The van der Waals surface area contributed by atoms with E-state index in [1.807, 2.05) is 14.1 Å². The smallest absolute Gasteiger partial charge is 0.338 e. The number of ether oxygens (including phenoxy) is 1. The van der Waals surface area contributed by atoms with Crippen molar-refractivity contribution in [1.82, 2.24) is 20.4 Å². The lowest BCUT2D eigenvalue weighted by Crippen LogP contribution is -2.28. The normalized spacial score (nSPS) is 10.5. The first-order chi connectivity index (χ1) is 13.0. The Bertz CT molecular complexity index is 745. The molecule has 0 aliphatic rings. The van der Waals surface area contributed by atoms with E-state index in [0.29, 0.717) is 24.5 Å². The minimum absolute atomic E-state index is 0.244. The lowest BCUT2D eigenvalue weighted by atomic mass is 10.2. The third kappa shape index (κ3) is 6.67. The Labute approximate surface area is 158 Å². The van der Waals surface area contributed by atoms with Gasteiger partial charge in [0.15, 0.2) is 11.5 Å². The Kier molecular flexibility index (Phi) is 7.69. The van der Waals surface area contributed by atoms with Gasteiger partial charge in [-0.3, -0.25) is 4.79 Å². The maximum absolute atomic E-state index is 12.0. The molecule has 2 aromatic rings. The van der Waals surface area contributed by atoms with Crippen LogP contribution in [0.15, 0.2) is 36.4 Å². The van der Waals surface area contributed by atoms with E-state index in [-0.39, 0.29) is 17.6 Å². The molecule has 0 spiro atoms. The van der Waals surface area contributed by atoms with Crippen LogP contribution in [0.3, 0.4) is 0 Å². The molecule has 1 amide bonds. The standard InChI is InChI=1S/C19H25N5O3/c1-4-27-19(26)14-6-8-15(9-7-14)21-17-11-10-16(22-23-17)18(25)20-12-5-13-24(2)3/h6-11H,4-5,12-13H2,1-3H3,(H,20,25)(H,21,23). The van der Waals surface area contributed by atoms with Gasteiger partial charge in [-0.15, -0.1) is 10.2 Å². The highest BCUT2D eigenvalue weighted by molar-refractivity contribution is 5.92. The fraction of sp³-hybridized carbons (Fsp3) is 0.368. The van der Waals surface area contributed by atoms with Gasteiger partial charge in [-0.1, -0.05) is 0 Å². The maximum Gasteiger partial charge on any atom is 0.338 e. The molecule has 0 unspecified atom stereocenters. The third-order valence-corrected chi connectivity index (χ3v) is 3.63. The molecule has 0 saturated carbocycles. The molecule has 0 aliphatic heterocycles. The van der Waals surface area contributed by atoms with Gasteiger partial charge in [0.1, 0.15) is 0 Å². The molecular weight excluding hydrogens is 346 g/mol. The number of anilines is 2. The molecular formula is C19H25N5O3. The van der Waals surface area contributed by atoms with Crippen molar-refractivity contribution in [2.45, 2.75) is 13.3 Å². The minimum atomic E-state index is -0.357. The van der Waals surface area contributed by atoms with Crippen LogP contribution in [0.4, 0.5) is 11.5 Å². The van der Waals surface area contributed by atoms with Crippen molar-refractivity contribution in [2.24, 2.45) is 0 Å². The second-order valence-corrected chi connectivity index (χ2v) is 6.14. The van der Waals surface area contributed by atoms with Crippen LogP contribution >= 0.6 is 0 Å². The second-order valence-electron chi connectivity index (χ2n) is 6.14. The first-order valence-corrected chi connectivity index (χ1v) is 8.80. The lowest BCUT2D eigenvalue weighted by Gasteiger charge is -2.10. The van der Waals surface area contributed by atoms with Crippen molar-refractivity contribution in [3.05, 3.63) is 47.7 Å². The molecule has 0 radical (unpaired) electrons. The van der Waals surface area contributed by atoms with Crippen LogP contribution in [0.1, 0.15) is 34.2 Å². The minimum Gasteiger partial charge on any atom is -0.462 e. The number of benzene rings is 1. The summed E-state index contributed by atoms with van der Waals surface area (Å²) in [5.41, 5.74) is 1.50. The Balaban J connectivity index is 1.88. The van der Waals surface area contributed by atoms with Gasteiger partial charge in [-0.2, -0.15) is 0 Å². The molecule has 0 aliphatic carbocycles. The average Bonchev–Trinajstić information content (AvgIpc) is 2.66. The number of hydrogen-bond acceptors (Lipinski definition) is 7. The summed E-state index contributed by atoms with van der Waals surface area (Å²) >= 11 is 0. The van der Waals surface area contributed by atoms with Crippen LogP contribution in [0, 0.1) is 0 Å². The first-order valence-electron chi connectivity index (χ1n) is 8.80. The number of amides is 1. The quantitative estimate of drug-likeness (QED) is 0.514. The van der Waals surface area contributed by atoms with E-state index in [2.05, 4.69) is 25.7 Å². The fourth-order valence-electron chi connectivity index (χ4n) is 2.26. The molecule has 8 nitrogen and oxygen atoms in total. The number of esters is 1. The number of carbonyl (C=O) groups excluding carboxylic acids is 2. The first kappa shape index (κ1) is 20.3. The zero-order chi connectivity index (χ0) is 19.6. The van der Waals surface area contributed by atoms with Gasteiger partial charge < -0.3 is 20.3 Å². The lowest BCUT2D eigenvalue weighted by molar-refractivity contribution is 0.0526. The molecule has 144 valence electrons. The molecule has 1 aromatic carbocycles. The van der Waals surface area contributed by atoms with Crippen molar-refractivity contribution in [3.63, 3.8) is 0 Å². The molecule has 8 heteroatoms. The van der Waals surface area contributed by atoms with Gasteiger partial charge in [0.2, 0.25) is 0 Å². The van der Waals surface area contributed by atoms with E-state index in [9.17, 15) is 9.59 Å². The van der Waals surface area contributed by atoms with Crippen molar-refractivity contribution >= 4 is 23.4 Å². The highest BCUT2D eigenvalue weighted by atomic mass is 16.5. The second kappa shape index (κ2) is 10.2. The number of hydrogen-bond donors (Lipinski definition) is 2. The zero-order valence-electron chi connectivity index (χ0n) is 15.9. The Morgan fingerprint density at radius 2 is 1.81 bits per heavy atom. The monoisotopic (exact) mass is 371 g/mol. The highest BCUT2D eigenvalue weighted by Gasteiger charge is 2.09. The largest absolute Gasteiger partial charge is 0.462 e. The molecule has 0 saturated heterocycles. The fourth-order valence-corrected chi connectivity index (χ4v) is 2.26. The molecule has 2 N–H and O–H groups in total. The predicted molar refractivity (Wildman–Crippen MR) is 103 cm³/mol. The summed E-state index contributed by atoms with van der Waals surface area (Å²) in [4.78, 5) is 25.7. The van der Waals surface area contributed by atoms with Gasteiger partial charge >= 0.3 is 5.97 Å². The van der Waals surface area contributed by atoms with E-state index in [1.165, 1.54) is 0 Å². The number of nitrogens with zero attached hydrogens (tertiary/aromatic N) is 3. The van der Waals surface area contributed by atoms with Gasteiger partial charge in [0.25, 0.3) is 5.91 Å². The van der Waals surface area contributed by atoms with Crippen LogP contribution in [0.5, 0.6) is 0 Å². The van der Waals surface area contributed by atoms with Crippen LogP contribution < -0.4 is 10.6 Å². The van der Waals surface area contributed by atoms with Crippen molar-refractivity contribution in [3.8, 4) is 0 Å². The average molecular weight is 371 g/mol. The summed E-state index contributed by atoms with van der Waals surface area (Å²) in [6.45, 7) is 3.60. The van der Waals surface area contributed by atoms with Crippen LogP contribution in [-0.4, -0.2) is 60.8 Å². The number of rotatable bonds is 9. The van der Waals surface area contributed by atoms with E-state index in [1.54, 1.807) is 43.3 Å². The number of nitrogens with one attached hydrogen (secondary N) is 2. The number of carbonyl (C=O) groups is 2. The van der Waals surface area contributed by atoms with Crippen molar-refractivity contribution in [2.75, 3.05) is 39.1 Å². The van der Waals surface area contributed by atoms with Gasteiger partial charge in [0.05, 0.1) is 12.2 Å². The third-order valence-electron chi connectivity index (χ3n) is 3.63. The van der Waals surface area contributed by atoms with E-state index < -0.39 is 0 Å². The summed E-state index contributed by atoms with van der Waals surface area (Å²) < 4.78 is 4.95.